The predicted molar refractivity (Wildman–Crippen MR) is 157 cm³/mol. The van der Waals surface area contributed by atoms with E-state index in [0.29, 0.717) is 17.1 Å². The van der Waals surface area contributed by atoms with Crippen LogP contribution in [0, 0.1) is 6.92 Å². The molecular formula is C30H35Cl2N3O3. The molecule has 5 rings (SSSR count). The third kappa shape index (κ3) is 6.69. The minimum atomic E-state index is -0.0688. The van der Waals surface area contributed by atoms with E-state index in [2.05, 4.69) is 45.1 Å². The zero-order chi connectivity index (χ0) is 25.1. The van der Waals surface area contributed by atoms with Crippen molar-refractivity contribution in [2.24, 2.45) is 0 Å². The van der Waals surface area contributed by atoms with Crippen LogP contribution in [-0.2, 0) is 13.0 Å². The van der Waals surface area contributed by atoms with E-state index in [-0.39, 0.29) is 35.6 Å². The van der Waals surface area contributed by atoms with Crippen LogP contribution in [0.15, 0.2) is 72.8 Å². The number of aromatic hydroxyl groups is 1. The molecule has 8 heteroatoms. The van der Waals surface area contributed by atoms with Gasteiger partial charge in [0.15, 0.2) is 0 Å². The quantitative estimate of drug-likeness (QED) is 0.320. The molecule has 202 valence electrons. The van der Waals surface area contributed by atoms with Crippen molar-refractivity contribution in [2.75, 3.05) is 19.6 Å². The summed E-state index contributed by atoms with van der Waals surface area (Å²) in [5, 5.41) is 14.9. The van der Waals surface area contributed by atoms with Crippen molar-refractivity contribution in [1.29, 1.82) is 0 Å². The van der Waals surface area contributed by atoms with Crippen molar-refractivity contribution >= 4 is 40.8 Å². The van der Waals surface area contributed by atoms with Gasteiger partial charge < -0.3 is 25.4 Å². The monoisotopic (exact) mass is 555 g/mol. The third-order valence-electron chi connectivity index (χ3n) is 7.27. The number of likely N-dealkylation sites (tertiary alicyclic amines) is 1. The first-order valence-electron chi connectivity index (χ1n) is 12.6. The highest BCUT2D eigenvalue weighted by atomic mass is 35.5. The number of nitrogens with zero attached hydrogens (tertiary/aromatic N) is 2. The van der Waals surface area contributed by atoms with Gasteiger partial charge in [-0.15, -0.1) is 12.4 Å². The predicted octanol–water partition coefficient (Wildman–Crippen LogP) is 5.39. The van der Waals surface area contributed by atoms with Gasteiger partial charge in [-0.05, 0) is 67.6 Å². The van der Waals surface area contributed by atoms with Crippen LogP contribution in [0.4, 0.5) is 0 Å². The molecule has 4 N–H and O–H groups in total. The van der Waals surface area contributed by atoms with E-state index in [9.17, 15) is 9.90 Å². The van der Waals surface area contributed by atoms with Gasteiger partial charge in [-0.3, -0.25) is 4.79 Å². The lowest BCUT2D eigenvalue weighted by molar-refractivity contribution is 0.0912. The molecule has 0 bridgehead atoms. The number of halogens is 2. The fourth-order valence-corrected chi connectivity index (χ4v) is 5.35. The fourth-order valence-electron chi connectivity index (χ4n) is 5.22. The number of aromatic nitrogens is 1. The highest BCUT2D eigenvalue weighted by Gasteiger charge is 2.25. The van der Waals surface area contributed by atoms with E-state index < -0.39 is 0 Å². The van der Waals surface area contributed by atoms with Gasteiger partial charge in [0.25, 0.3) is 5.91 Å². The van der Waals surface area contributed by atoms with Crippen molar-refractivity contribution in [3.8, 4) is 5.75 Å². The lowest BCUT2D eigenvalue weighted by Gasteiger charge is -2.32. The molecule has 38 heavy (non-hydrogen) atoms. The average Bonchev–Trinajstić information content (AvgIpc) is 3.15. The van der Waals surface area contributed by atoms with Gasteiger partial charge in [-0.2, -0.15) is 0 Å². The number of amides is 1. The Balaban J connectivity index is 0.00000200. The van der Waals surface area contributed by atoms with E-state index in [1.165, 1.54) is 5.56 Å². The van der Waals surface area contributed by atoms with Crippen LogP contribution in [0.5, 0.6) is 5.75 Å². The summed E-state index contributed by atoms with van der Waals surface area (Å²) in [5.74, 6) is 0.0904. The van der Waals surface area contributed by atoms with Crippen LogP contribution in [0.2, 0.25) is 5.02 Å². The van der Waals surface area contributed by atoms with Gasteiger partial charge in [0.05, 0.1) is 5.56 Å². The Hall–Kier alpha value is -3.03. The van der Waals surface area contributed by atoms with Crippen molar-refractivity contribution in [1.82, 2.24) is 14.8 Å². The van der Waals surface area contributed by atoms with Crippen molar-refractivity contribution in [2.45, 2.75) is 38.8 Å². The Bertz CT molecular complexity index is 1350. The summed E-state index contributed by atoms with van der Waals surface area (Å²) in [6, 6.07) is 23.7. The Morgan fingerprint density at radius 3 is 2.37 bits per heavy atom. The number of carbonyl (C=O) groups excluding carboxylic acids is 1. The number of nitrogens with one attached hydrogen (secondary N) is 1. The molecule has 0 radical (unpaired) electrons. The molecule has 0 spiro atoms. The number of rotatable bonds is 7. The smallest absolute Gasteiger partial charge is 0.253 e. The summed E-state index contributed by atoms with van der Waals surface area (Å²) < 4.78 is 2.14. The summed E-state index contributed by atoms with van der Waals surface area (Å²) in [7, 11) is 0. The molecule has 1 aliphatic heterocycles. The van der Waals surface area contributed by atoms with Crippen LogP contribution in [-0.4, -0.2) is 51.6 Å². The maximum Gasteiger partial charge on any atom is 0.253 e. The number of phenols is 1. The largest absolute Gasteiger partial charge is 0.508 e. The van der Waals surface area contributed by atoms with Crippen molar-refractivity contribution < 1.29 is 15.4 Å². The molecule has 0 saturated carbocycles. The van der Waals surface area contributed by atoms with Gasteiger partial charge >= 0.3 is 0 Å². The minimum Gasteiger partial charge on any atom is -0.508 e. The van der Waals surface area contributed by atoms with Gasteiger partial charge in [-0.1, -0.05) is 54.1 Å². The molecule has 0 atom stereocenters. The Morgan fingerprint density at radius 1 is 1.00 bits per heavy atom. The lowest BCUT2D eigenvalue weighted by atomic mass is 10.0. The number of carbonyl (C=O) groups is 1. The van der Waals surface area contributed by atoms with E-state index >= 15 is 0 Å². The maximum atomic E-state index is 13.5. The summed E-state index contributed by atoms with van der Waals surface area (Å²) in [5.41, 5.74) is 4.93. The maximum absolute atomic E-state index is 13.5. The molecule has 1 fully saturated rings. The lowest BCUT2D eigenvalue weighted by Crippen LogP contribution is -2.45. The van der Waals surface area contributed by atoms with Crippen LogP contribution in [0.25, 0.3) is 10.9 Å². The normalized spacial score (nSPS) is 14.1. The van der Waals surface area contributed by atoms with Gasteiger partial charge in [0.1, 0.15) is 5.75 Å². The number of benzene rings is 3. The van der Waals surface area contributed by atoms with Gasteiger partial charge in [0.2, 0.25) is 0 Å². The first kappa shape index (κ1) is 29.5. The molecule has 1 saturated heterocycles. The Kier molecular flexibility index (Phi) is 10.2. The number of hydrogen-bond acceptors (Lipinski definition) is 3. The van der Waals surface area contributed by atoms with Gasteiger partial charge in [-0.25, -0.2) is 0 Å². The molecule has 0 aliphatic carbocycles. The SMILES string of the molecule is Cc1c(C(=O)NC2CCN(CCc3ccccc3)CC2)c2cc(O)ccc2n1Cc1ccc(Cl)cc1.Cl.O. The van der Waals surface area contributed by atoms with Crippen LogP contribution >= 0.6 is 24.0 Å². The standard InChI is InChI=1S/C30H32ClN3O2.ClH.H2O/c1-21-29(27-19-26(35)11-12-28(27)34(21)20-23-7-9-24(31)10-8-23)30(36)32-25-14-17-33(18-15-25)16-13-22-5-3-2-4-6-22;;/h2-12,19,25,35H,13-18,20H2,1H3,(H,32,36);1H;1H2. The summed E-state index contributed by atoms with van der Waals surface area (Å²) in [6.07, 6.45) is 2.93. The fraction of sp³-hybridized carbons (Fsp3) is 0.300. The van der Waals surface area contributed by atoms with E-state index in [4.69, 9.17) is 11.6 Å². The van der Waals surface area contributed by atoms with Gasteiger partial charge in [0, 0.05) is 53.8 Å². The van der Waals surface area contributed by atoms with E-state index in [1.54, 1.807) is 12.1 Å². The highest BCUT2D eigenvalue weighted by molar-refractivity contribution is 6.30. The number of fused-ring (bicyclic) bond motifs is 1. The number of piperidine rings is 1. The van der Waals surface area contributed by atoms with Crippen LogP contribution < -0.4 is 5.32 Å². The number of hydrogen-bond donors (Lipinski definition) is 2. The number of phenolic OH excluding ortho intramolecular Hbond substituents is 1. The first-order valence-corrected chi connectivity index (χ1v) is 13.0. The molecule has 1 aromatic heterocycles. The topological polar surface area (TPSA) is 89.0 Å². The highest BCUT2D eigenvalue weighted by Crippen LogP contribution is 2.30. The minimum absolute atomic E-state index is 0. The van der Waals surface area contributed by atoms with Crippen molar-refractivity contribution in [3.05, 3.63) is 100 Å². The summed E-state index contributed by atoms with van der Waals surface area (Å²) in [6.45, 7) is 5.61. The molecule has 2 heterocycles. The molecule has 1 amide bonds. The zero-order valence-corrected chi connectivity index (χ0v) is 23.1. The molecule has 6 nitrogen and oxygen atoms in total. The van der Waals surface area contributed by atoms with E-state index in [0.717, 1.165) is 61.1 Å². The third-order valence-corrected chi connectivity index (χ3v) is 7.52. The Labute approximate surface area is 234 Å². The van der Waals surface area contributed by atoms with E-state index in [1.807, 2.05) is 37.3 Å². The second-order valence-electron chi connectivity index (χ2n) is 9.70. The summed E-state index contributed by atoms with van der Waals surface area (Å²) in [4.78, 5) is 16.0. The van der Waals surface area contributed by atoms with Crippen molar-refractivity contribution in [3.63, 3.8) is 0 Å². The zero-order valence-electron chi connectivity index (χ0n) is 21.5. The second-order valence-corrected chi connectivity index (χ2v) is 10.1. The molecule has 1 aliphatic rings. The molecule has 0 unspecified atom stereocenters. The molecular weight excluding hydrogens is 521 g/mol. The molecule has 3 aromatic carbocycles. The summed E-state index contributed by atoms with van der Waals surface area (Å²) >= 11 is 6.06. The second kappa shape index (κ2) is 13.2. The van der Waals surface area contributed by atoms with Crippen LogP contribution in [0.3, 0.4) is 0 Å². The first-order chi connectivity index (χ1) is 17.5. The molecule has 4 aromatic rings. The Morgan fingerprint density at radius 2 is 1.68 bits per heavy atom. The average molecular weight is 557 g/mol. The van der Waals surface area contributed by atoms with Crippen LogP contribution in [0.1, 0.15) is 40.0 Å².